The van der Waals surface area contributed by atoms with Crippen molar-refractivity contribution < 1.29 is 4.74 Å². The minimum Gasteiger partial charge on any atom is -0.377 e. The lowest BCUT2D eigenvalue weighted by Gasteiger charge is -2.16. The molecule has 1 aromatic rings. The van der Waals surface area contributed by atoms with Crippen molar-refractivity contribution in [3.8, 4) is 0 Å². The third-order valence-corrected chi connectivity index (χ3v) is 3.54. The summed E-state index contributed by atoms with van der Waals surface area (Å²) in [5.41, 5.74) is 7.14. The first kappa shape index (κ1) is 18.2. The van der Waals surface area contributed by atoms with E-state index in [-0.39, 0.29) is 24.0 Å². The Morgan fingerprint density at radius 1 is 1.29 bits per heavy atom. The van der Waals surface area contributed by atoms with Gasteiger partial charge < -0.3 is 15.4 Å². The molecular formula is C16H26IN3O. The SMILES string of the molecule is CN(C(N)=NCCCCOCc1ccccc1)C1CC1.I. The predicted molar refractivity (Wildman–Crippen MR) is 98.0 cm³/mol. The molecule has 0 bridgehead atoms. The van der Waals surface area contributed by atoms with Gasteiger partial charge in [-0.1, -0.05) is 30.3 Å². The number of hydrogen-bond acceptors (Lipinski definition) is 2. The Balaban J connectivity index is 0.00000220. The molecule has 0 aromatic heterocycles. The summed E-state index contributed by atoms with van der Waals surface area (Å²) in [4.78, 5) is 6.50. The standard InChI is InChI=1S/C16H25N3O.HI/c1-19(15-9-10-15)16(17)18-11-5-6-12-20-13-14-7-3-2-4-8-14;/h2-4,7-8,15H,5-6,9-13H2,1H3,(H2,17,18);1H. The summed E-state index contributed by atoms with van der Waals surface area (Å²) >= 11 is 0. The molecule has 1 aromatic carbocycles. The second-order valence-corrected chi connectivity index (χ2v) is 5.33. The van der Waals surface area contributed by atoms with Gasteiger partial charge in [-0.25, -0.2) is 0 Å². The number of aliphatic imine (C=N–C) groups is 1. The van der Waals surface area contributed by atoms with Crippen LogP contribution in [-0.4, -0.2) is 37.1 Å². The molecule has 5 heteroatoms. The van der Waals surface area contributed by atoms with Crippen LogP contribution in [0.4, 0.5) is 0 Å². The van der Waals surface area contributed by atoms with E-state index in [0.29, 0.717) is 18.6 Å². The molecule has 1 fully saturated rings. The lowest BCUT2D eigenvalue weighted by molar-refractivity contribution is 0.117. The van der Waals surface area contributed by atoms with Crippen LogP contribution in [0, 0.1) is 0 Å². The quantitative estimate of drug-likeness (QED) is 0.314. The van der Waals surface area contributed by atoms with Gasteiger partial charge in [-0.3, -0.25) is 4.99 Å². The largest absolute Gasteiger partial charge is 0.377 e. The number of hydrogen-bond donors (Lipinski definition) is 1. The van der Waals surface area contributed by atoms with Gasteiger partial charge in [0.15, 0.2) is 5.96 Å². The topological polar surface area (TPSA) is 50.8 Å². The fourth-order valence-electron chi connectivity index (χ4n) is 2.03. The summed E-state index contributed by atoms with van der Waals surface area (Å²) < 4.78 is 5.63. The fourth-order valence-corrected chi connectivity index (χ4v) is 2.03. The highest BCUT2D eigenvalue weighted by Crippen LogP contribution is 2.24. The minimum atomic E-state index is 0. The van der Waals surface area contributed by atoms with Gasteiger partial charge in [0.1, 0.15) is 0 Å². The maximum Gasteiger partial charge on any atom is 0.191 e. The first-order valence-electron chi connectivity index (χ1n) is 7.42. The molecule has 2 N–H and O–H groups in total. The number of nitrogens with two attached hydrogens (primary N) is 1. The second kappa shape index (κ2) is 10.00. The van der Waals surface area contributed by atoms with Crippen molar-refractivity contribution in [2.75, 3.05) is 20.2 Å². The number of rotatable bonds is 8. The number of unbranched alkanes of at least 4 members (excludes halogenated alkanes) is 1. The van der Waals surface area contributed by atoms with Crippen LogP contribution in [0.25, 0.3) is 0 Å². The first-order chi connectivity index (χ1) is 9.77. The molecule has 0 atom stereocenters. The number of benzene rings is 1. The minimum absolute atomic E-state index is 0. The van der Waals surface area contributed by atoms with Gasteiger partial charge in [-0.05, 0) is 31.2 Å². The average Bonchev–Trinajstić information content (AvgIpc) is 3.31. The monoisotopic (exact) mass is 403 g/mol. The molecule has 1 aliphatic rings. The van der Waals surface area contributed by atoms with Crippen LogP contribution >= 0.6 is 24.0 Å². The highest BCUT2D eigenvalue weighted by Gasteiger charge is 2.27. The maximum atomic E-state index is 5.92. The van der Waals surface area contributed by atoms with Crippen LogP contribution in [0.15, 0.2) is 35.3 Å². The predicted octanol–water partition coefficient (Wildman–Crippen LogP) is 3.01. The number of guanidine groups is 1. The molecule has 2 rings (SSSR count). The molecule has 1 aliphatic carbocycles. The molecule has 0 heterocycles. The van der Waals surface area contributed by atoms with Gasteiger partial charge in [-0.15, -0.1) is 24.0 Å². The van der Waals surface area contributed by atoms with Crippen LogP contribution in [0.2, 0.25) is 0 Å². The highest BCUT2D eigenvalue weighted by atomic mass is 127. The van der Waals surface area contributed by atoms with E-state index >= 15 is 0 Å². The molecule has 4 nitrogen and oxygen atoms in total. The Labute approximate surface area is 144 Å². The zero-order chi connectivity index (χ0) is 14.2. The van der Waals surface area contributed by atoms with Crippen LogP contribution < -0.4 is 5.73 Å². The van der Waals surface area contributed by atoms with Crippen LogP contribution in [0.5, 0.6) is 0 Å². The van der Waals surface area contributed by atoms with Crippen LogP contribution in [0.1, 0.15) is 31.2 Å². The third-order valence-electron chi connectivity index (χ3n) is 3.54. The number of halogens is 1. The Morgan fingerprint density at radius 2 is 2.00 bits per heavy atom. The normalized spacial score (nSPS) is 14.6. The van der Waals surface area contributed by atoms with Crippen LogP contribution in [-0.2, 0) is 11.3 Å². The van der Waals surface area contributed by atoms with Crippen molar-refractivity contribution in [1.82, 2.24) is 4.90 Å². The maximum absolute atomic E-state index is 5.92. The number of ether oxygens (including phenoxy) is 1. The summed E-state index contributed by atoms with van der Waals surface area (Å²) in [6.07, 6.45) is 4.55. The molecular weight excluding hydrogens is 377 g/mol. The van der Waals surface area contributed by atoms with Crippen molar-refractivity contribution in [2.45, 2.75) is 38.3 Å². The molecule has 0 radical (unpaired) electrons. The van der Waals surface area contributed by atoms with Gasteiger partial charge in [-0.2, -0.15) is 0 Å². The van der Waals surface area contributed by atoms with Gasteiger partial charge in [0.25, 0.3) is 0 Å². The fraction of sp³-hybridized carbons (Fsp3) is 0.562. The molecule has 21 heavy (non-hydrogen) atoms. The molecule has 1 saturated carbocycles. The van der Waals surface area contributed by atoms with E-state index in [2.05, 4.69) is 22.0 Å². The summed E-state index contributed by atoms with van der Waals surface area (Å²) in [5, 5.41) is 0. The Kier molecular flexibility index (Phi) is 8.68. The van der Waals surface area contributed by atoms with Crippen molar-refractivity contribution in [3.63, 3.8) is 0 Å². The van der Waals surface area contributed by atoms with E-state index in [1.165, 1.54) is 18.4 Å². The zero-order valence-electron chi connectivity index (χ0n) is 12.7. The summed E-state index contributed by atoms with van der Waals surface area (Å²) in [7, 11) is 2.03. The van der Waals surface area contributed by atoms with Gasteiger partial charge in [0, 0.05) is 26.2 Å². The second-order valence-electron chi connectivity index (χ2n) is 5.33. The summed E-state index contributed by atoms with van der Waals surface area (Å²) in [6, 6.07) is 10.9. The zero-order valence-corrected chi connectivity index (χ0v) is 15.0. The lowest BCUT2D eigenvalue weighted by atomic mass is 10.2. The summed E-state index contributed by atoms with van der Waals surface area (Å²) in [6.45, 7) is 2.26. The molecule has 0 saturated heterocycles. The van der Waals surface area contributed by atoms with Crippen molar-refractivity contribution in [1.29, 1.82) is 0 Å². The Bertz CT molecular complexity index is 421. The van der Waals surface area contributed by atoms with E-state index in [0.717, 1.165) is 26.0 Å². The van der Waals surface area contributed by atoms with E-state index in [4.69, 9.17) is 10.5 Å². The van der Waals surface area contributed by atoms with Gasteiger partial charge >= 0.3 is 0 Å². The third kappa shape index (κ3) is 7.13. The van der Waals surface area contributed by atoms with E-state index < -0.39 is 0 Å². The van der Waals surface area contributed by atoms with E-state index in [1.54, 1.807) is 0 Å². The van der Waals surface area contributed by atoms with Gasteiger partial charge in [0.05, 0.1) is 6.61 Å². The molecule has 118 valence electrons. The van der Waals surface area contributed by atoms with Crippen molar-refractivity contribution >= 4 is 29.9 Å². The highest BCUT2D eigenvalue weighted by molar-refractivity contribution is 14.0. The first-order valence-corrected chi connectivity index (χ1v) is 7.42. The van der Waals surface area contributed by atoms with Gasteiger partial charge in [0.2, 0.25) is 0 Å². The average molecular weight is 403 g/mol. The molecule has 0 amide bonds. The molecule has 0 aliphatic heterocycles. The van der Waals surface area contributed by atoms with Crippen LogP contribution in [0.3, 0.4) is 0 Å². The van der Waals surface area contributed by atoms with Crippen molar-refractivity contribution in [2.24, 2.45) is 10.7 Å². The van der Waals surface area contributed by atoms with E-state index in [1.807, 2.05) is 25.2 Å². The van der Waals surface area contributed by atoms with E-state index in [9.17, 15) is 0 Å². The summed E-state index contributed by atoms with van der Waals surface area (Å²) in [5.74, 6) is 0.678. The Morgan fingerprint density at radius 3 is 2.67 bits per heavy atom. The van der Waals surface area contributed by atoms with Crippen molar-refractivity contribution in [3.05, 3.63) is 35.9 Å². The molecule has 0 unspecified atom stereocenters. The number of nitrogens with zero attached hydrogens (tertiary/aromatic N) is 2. The lowest BCUT2D eigenvalue weighted by Crippen LogP contribution is -2.35. The molecule has 0 spiro atoms. The Hall–Kier alpha value is -0.820. The smallest absolute Gasteiger partial charge is 0.191 e.